The molecule has 3 saturated heterocycles. The first kappa shape index (κ1) is 24.4. The molecule has 9 heteroatoms. The fourth-order valence-electron chi connectivity index (χ4n) is 5.76. The van der Waals surface area contributed by atoms with Gasteiger partial charge in [0, 0.05) is 56.1 Å². The lowest BCUT2D eigenvalue weighted by atomic mass is 9.83. The quantitative estimate of drug-likeness (QED) is 0.688. The third-order valence-electron chi connectivity index (χ3n) is 7.68. The van der Waals surface area contributed by atoms with Crippen LogP contribution in [0.2, 0.25) is 0 Å². The highest BCUT2D eigenvalue weighted by molar-refractivity contribution is 6.06. The maximum absolute atomic E-state index is 14.2. The van der Waals surface area contributed by atoms with Crippen LogP contribution in [0.3, 0.4) is 0 Å². The molecule has 36 heavy (non-hydrogen) atoms. The molecule has 1 aromatic heterocycles. The first-order valence-corrected chi connectivity index (χ1v) is 12.8. The molecular formula is C27H32FN5O3. The predicted octanol–water partition coefficient (Wildman–Crippen LogP) is 3.57. The molecule has 1 aromatic carbocycles. The molecule has 3 fully saturated rings. The number of aromatic nitrogens is 1. The van der Waals surface area contributed by atoms with Crippen LogP contribution >= 0.6 is 0 Å². The molecule has 0 aliphatic carbocycles. The summed E-state index contributed by atoms with van der Waals surface area (Å²) >= 11 is 0. The fourth-order valence-corrected chi connectivity index (χ4v) is 5.76. The first-order valence-electron chi connectivity index (χ1n) is 12.8. The number of carbonyl (C=O) groups excluding carboxylic acids is 3. The number of hydrogen-bond acceptors (Lipinski definition) is 5. The molecule has 0 saturated carbocycles. The molecule has 8 nitrogen and oxygen atoms in total. The smallest absolute Gasteiger partial charge is 0.328 e. The van der Waals surface area contributed by atoms with Crippen LogP contribution in [0.1, 0.15) is 54.6 Å². The Morgan fingerprint density at radius 1 is 1.03 bits per heavy atom. The van der Waals surface area contributed by atoms with Crippen LogP contribution in [0.5, 0.6) is 0 Å². The van der Waals surface area contributed by atoms with Crippen molar-refractivity contribution in [1.82, 2.24) is 20.1 Å². The van der Waals surface area contributed by atoms with E-state index in [2.05, 4.69) is 15.2 Å². The SMILES string of the molecule is O=C1CCN(c2cccc(C(=O)N3CCC(C4CCCCN4Cc4ncccc4F)CC3)c2)C(=O)N1. The Bertz CT molecular complexity index is 1130. The molecule has 5 rings (SSSR count). The van der Waals surface area contributed by atoms with Gasteiger partial charge in [-0.25, -0.2) is 9.18 Å². The zero-order chi connectivity index (χ0) is 25.1. The number of amides is 4. The summed E-state index contributed by atoms with van der Waals surface area (Å²) in [5.74, 6) is -0.118. The molecule has 1 atom stereocenters. The molecule has 0 bridgehead atoms. The van der Waals surface area contributed by atoms with Gasteiger partial charge < -0.3 is 4.90 Å². The molecule has 1 unspecified atom stereocenters. The second kappa shape index (κ2) is 10.7. The number of imide groups is 1. The van der Waals surface area contributed by atoms with Gasteiger partial charge in [0.2, 0.25) is 5.91 Å². The average molecular weight is 494 g/mol. The van der Waals surface area contributed by atoms with E-state index in [1.807, 2.05) is 4.90 Å². The Kier molecular flexibility index (Phi) is 7.27. The summed E-state index contributed by atoms with van der Waals surface area (Å²) in [7, 11) is 0. The summed E-state index contributed by atoms with van der Waals surface area (Å²) in [6.45, 7) is 3.12. The maximum atomic E-state index is 14.2. The molecule has 1 N–H and O–H groups in total. The lowest BCUT2D eigenvalue weighted by Crippen LogP contribution is -2.49. The van der Waals surface area contributed by atoms with Gasteiger partial charge in [0.15, 0.2) is 0 Å². The van der Waals surface area contributed by atoms with Crippen LogP contribution in [0.25, 0.3) is 0 Å². The molecule has 3 aliphatic heterocycles. The van der Waals surface area contributed by atoms with Gasteiger partial charge in [0.25, 0.3) is 5.91 Å². The van der Waals surface area contributed by atoms with Crippen LogP contribution in [-0.4, -0.2) is 64.9 Å². The standard InChI is InChI=1S/C27H32FN5O3/c28-22-7-4-12-29-23(22)18-32-13-2-1-8-24(32)19-9-14-31(15-10-19)26(35)20-5-3-6-21(17-20)33-16-11-25(34)30-27(33)36/h3-7,12,17,19,24H,1-2,8-11,13-16,18H2,(H,30,34,36). The van der Waals surface area contributed by atoms with Gasteiger partial charge >= 0.3 is 6.03 Å². The first-order chi connectivity index (χ1) is 17.5. The maximum Gasteiger partial charge on any atom is 0.328 e. The topological polar surface area (TPSA) is 85.9 Å². The predicted molar refractivity (Wildman–Crippen MR) is 133 cm³/mol. The third-order valence-corrected chi connectivity index (χ3v) is 7.68. The van der Waals surface area contributed by atoms with E-state index in [-0.39, 0.29) is 24.1 Å². The van der Waals surface area contributed by atoms with E-state index in [4.69, 9.17) is 0 Å². The number of rotatable bonds is 5. The molecule has 2 aromatic rings. The largest absolute Gasteiger partial charge is 0.339 e. The monoisotopic (exact) mass is 493 g/mol. The van der Waals surface area contributed by atoms with E-state index >= 15 is 0 Å². The highest BCUT2D eigenvalue weighted by Crippen LogP contribution is 2.32. The molecule has 0 spiro atoms. The van der Waals surface area contributed by atoms with Crippen molar-refractivity contribution < 1.29 is 18.8 Å². The van der Waals surface area contributed by atoms with Crippen molar-refractivity contribution >= 4 is 23.5 Å². The van der Waals surface area contributed by atoms with E-state index in [1.165, 1.54) is 17.4 Å². The van der Waals surface area contributed by atoms with Gasteiger partial charge in [0.05, 0.1) is 5.69 Å². The summed E-state index contributed by atoms with van der Waals surface area (Å²) in [6.07, 6.45) is 7.09. The van der Waals surface area contributed by atoms with E-state index < -0.39 is 6.03 Å². The number of piperidine rings is 2. The third kappa shape index (κ3) is 5.26. The van der Waals surface area contributed by atoms with Crippen molar-refractivity contribution in [3.63, 3.8) is 0 Å². The molecular weight excluding hydrogens is 461 g/mol. The van der Waals surface area contributed by atoms with Gasteiger partial charge in [-0.05, 0) is 68.5 Å². The zero-order valence-electron chi connectivity index (χ0n) is 20.4. The number of urea groups is 1. The molecule has 3 aliphatic rings. The van der Waals surface area contributed by atoms with Gasteiger partial charge in [-0.15, -0.1) is 0 Å². The highest BCUT2D eigenvalue weighted by atomic mass is 19.1. The van der Waals surface area contributed by atoms with E-state index in [0.29, 0.717) is 55.1 Å². The highest BCUT2D eigenvalue weighted by Gasteiger charge is 2.34. The van der Waals surface area contributed by atoms with Gasteiger partial charge in [-0.2, -0.15) is 0 Å². The number of anilines is 1. The molecule has 4 heterocycles. The number of halogens is 1. The van der Waals surface area contributed by atoms with Crippen LogP contribution in [-0.2, 0) is 11.3 Å². The summed E-state index contributed by atoms with van der Waals surface area (Å²) in [6, 6.07) is 10.1. The minimum absolute atomic E-state index is 0.0418. The van der Waals surface area contributed by atoms with Crippen molar-refractivity contribution in [3.05, 3.63) is 59.7 Å². The van der Waals surface area contributed by atoms with E-state index in [0.717, 1.165) is 32.2 Å². The van der Waals surface area contributed by atoms with Crippen molar-refractivity contribution in [2.75, 3.05) is 31.1 Å². The lowest BCUT2D eigenvalue weighted by Gasteiger charge is -2.43. The van der Waals surface area contributed by atoms with E-state index in [1.54, 1.807) is 36.5 Å². The van der Waals surface area contributed by atoms with Gasteiger partial charge in [0.1, 0.15) is 5.82 Å². The fraction of sp³-hybridized carbons (Fsp3) is 0.481. The summed E-state index contributed by atoms with van der Waals surface area (Å²) < 4.78 is 14.2. The number of nitrogens with one attached hydrogen (secondary N) is 1. The van der Waals surface area contributed by atoms with Gasteiger partial charge in [-0.1, -0.05) is 12.5 Å². The van der Waals surface area contributed by atoms with E-state index in [9.17, 15) is 18.8 Å². The van der Waals surface area contributed by atoms with Crippen LogP contribution in [0.15, 0.2) is 42.6 Å². The Labute approximate surface area is 210 Å². The average Bonchev–Trinajstić information content (AvgIpc) is 2.90. The van der Waals surface area contributed by atoms with Crippen LogP contribution < -0.4 is 10.2 Å². The number of hydrogen-bond donors (Lipinski definition) is 1. The second-order valence-electron chi connectivity index (χ2n) is 9.90. The van der Waals surface area contributed by atoms with Crippen LogP contribution in [0, 0.1) is 11.7 Å². The number of pyridine rings is 1. The van der Waals surface area contributed by atoms with Crippen molar-refractivity contribution in [2.24, 2.45) is 5.92 Å². The Morgan fingerprint density at radius 3 is 2.64 bits per heavy atom. The number of likely N-dealkylation sites (tertiary alicyclic amines) is 2. The molecule has 4 amide bonds. The summed E-state index contributed by atoms with van der Waals surface area (Å²) in [5, 5.41) is 2.32. The van der Waals surface area contributed by atoms with Crippen molar-refractivity contribution in [2.45, 2.75) is 51.1 Å². The number of benzene rings is 1. The molecule has 190 valence electrons. The van der Waals surface area contributed by atoms with Crippen LogP contribution in [0.4, 0.5) is 14.9 Å². The molecule has 0 radical (unpaired) electrons. The minimum atomic E-state index is -0.459. The Balaban J connectivity index is 1.21. The minimum Gasteiger partial charge on any atom is -0.339 e. The number of nitrogens with zero attached hydrogens (tertiary/aromatic N) is 4. The second-order valence-corrected chi connectivity index (χ2v) is 9.90. The summed E-state index contributed by atoms with van der Waals surface area (Å²) in [4.78, 5) is 47.0. The zero-order valence-corrected chi connectivity index (χ0v) is 20.4. The number of carbonyl (C=O) groups is 3. The summed E-state index contributed by atoms with van der Waals surface area (Å²) in [5.41, 5.74) is 1.66. The van der Waals surface area contributed by atoms with Crippen molar-refractivity contribution in [1.29, 1.82) is 0 Å². The Hall–Kier alpha value is -3.33. The van der Waals surface area contributed by atoms with Gasteiger partial charge in [-0.3, -0.25) is 29.7 Å². The lowest BCUT2D eigenvalue weighted by molar-refractivity contribution is -0.120. The normalized spacial score (nSPS) is 22.0. The van der Waals surface area contributed by atoms with Crippen molar-refractivity contribution in [3.8, 4) is 0 Å². The Morgan fingerprint density at radius 2 is 1.86 bits per heavy atom.